The van der Waals surface area contributed by atoms with Crippen molar-refractivity contribution in [3.05, 3.63) is 24.2 Å². The van der Waals surface area contributed by atoms with Crippen LogP contribution in [0.3, 0.4) is 0 Å². The predicted octanol–water partition coefficient (Wildman–Crippen LogP) is 1.33. The van der Waals surface area contributed by atoms with Crippen LogP contribution in [0.4, 0.5) is 0 Å². The van der Waals surface area contributed by atoms with Gasteiger partial charge in [-0.1, -0.05) is 0 Å². The zero-order chi connectivity index (χ0) is 15.0. The average Bonchev–Trinajstić information content (AvgIpc) is 2.91. The van der Waals surface area contributed by atoms with Gasteiger partial charge in [-0.3, -0.25) is 9.59 Å². The van der Waals surface area contributed by atoms with Gasteiger partial charge in [-0.15, -0.1) is 0 Å². The molecule has 20 heavy (non-hydrogen) atoms. The molecule has 2 amide bonds. The largest absolute Gasteiger partial charge is 0.472 e. The van der Waals surface area contributed by atoms with Gasteiger partial charge in [-0.05, 0) is 33.3 Å². The summed E-state index contributed by atoms with van der Waals surface area (Å²) in [5, 5.41) is 5.35. The highest BCUT2D eigenvalue weighted by Crippen LogP contribution is 2.00. The first-order valence-electron chi connectivity index (χ1n) is 6.73. The van der Waals surface area contributed by atoms with Crippen molar-refractivity contribution in [3.8, 4) is 0 Å². The van der Waals surface area contributed by atoms with Gasteiger partial charge in [0.15, 0.2) is 0 Å². The second-order valence-electron chi connectivity index (χ2n) is 4.77. The lowest BCUT2D eigenvalue weighted by Crippen LogP contribution is -2.45. The molecule has 6 nitrogen and oxygen atoms in total. The maximum Gasteiger partial charge on any atom is 0.255 e. The molecular formula is C14H22N2O4. The minimum Gasteiger partial charge on any atom is -0.472 e. The summed E-state index contributed by atoms with van der Waals surface area (Å²) in [7, 11) is 0. The maximum absolute atomic E-state index is 11.8. The van der Waals surface area contributed by atoms with E-state index in [0.29, 0.717) is 18.7 Å². The van der Waals surface area contributed by atoms with Gasteiger partial charge in [-0.25, -0.2) is 0 Å². The van der Waals surface area contributed by atoms with E-state index in [2.05, 4.69) is 10.6 Å². The first-order chi connectivity index (χ1) is 9.50. The minimum absolute atomic E-state index is 0.193. The molecule has 1 aromatic rings. The molecule has 1 heterocycles. The summed E-state index contributed by atoms with van der Waals surface area (Å²) >= 11 is 0. The quantitative estimate of drug-likeness (QED) is 0.705. The summed E-state index contributed by atoms with van der Waals surface area (Å²) in [6.07, 6.45) is 3.68. The third-order valence-corrected chi connectivity index (χ3v) is 2.60. The van der Waals surface area contributed by atoms with Gasteiger partial charge in [0.2, 0.25) is 5.91 Å². The van der Waals surface area contributed by atoms with E-state index in [1.54, 1.807) is 13.0 Å². The van der Waals surface area contributed by atoms with E-state index in [4.69, 9.17) is 9.15 Å². The lowest BCUT2D eigenvalue weighted by Gasteiger charge is -2.14. The van der Waals surface area contributed by atoms with Gasteiger partial charge in [0.05, 0.1) is 17.9 Å². The van der Waals surface area contributed by atoms with Gasteiger partial charge >= 0.3 is 0 Å². The third kappa shape index (κ3) is 5.88. The van der Waals surface area contributed by atoms with Crippen LogP contribution in [-0.2, 0) is 9.53 Å². The summed E-state index contributed by atoms with van der Waals surface area (Å²) in [4.78, 5) is 23.5. The van der Waals surface area contributed by atoms with E-state index in [1.807, 2.05) is 13.8 Å². The summed E-state index contributed by atoms with van der Waals surface area (Å²) < 4.78 is 10.2. The molecule has 1 atom stereocenters. The minimum atomic E-state index is -0.594. The summed E-state index contributed by atoms with van der Waals surface area (Å²) in [5.74, 6) is -0.545. The molecular weight excluding hydrogens is 260 g/mol. The molecule has 1 rings (SSSR count). The van der Waals surface area contributed by atoms with Crippen LogP contribution in [0.25, 0.3) is 0 Å². The lowest BCUT2D eigenvalue weighted by molar-refractivity contribution is -0.122. The Kier molecular flexibility index (Phi) is 6.79. The van der Waals surface area contributed by atoms with Gasteiger partial charge in [-0.2, -0.15) is 0 Å². The van der Waals surface area contributed by atoms with Crippen molar-refractivity contribution in [1.82, 2.24) is 10.6 Å². The molecule has 1 unspecified atom stereocenters. The van der Waals surface area contributed by atoms with Crippen molar-refractivity contribution in [3.63, 3.8) is 0 Å². The van der Waals surface area contributed by atoms with Crippen LogP contribution in [0.2, 0.25) is 0 Å². The Hall–Kier alpha value is -1.82. The first kappa shape index (κ1) is 16.2. The van der Waals surface area contributed by atoms with E-state index in [1.165, 1.54) is 12.5 Å². The number of carbonyl (C=O) groups is 2. The van der Waals surface area contributed by atoms with Crippen LogP contribution >= 0.6 is 0 Å². The molecule has 0 aliphatic rings. The number of nitrogens with one attached hydrogen (secondary N) is 2. The Morgan fingerprint density at radius 3 is 2.70 bits per heavy atom. The standard InChI is InChI=1S/C14H22N2O4/c1-10(2)20-7-4-6-15-13(17)11(3)16-14(18)12-5-8-19-9-12/h5,8-11H,4,6-7H2,1-3H3,(H,15,17)(H,16,18). The van der Waals surface area contributed by atoms with Crippen LogP contribution < -0.4 is 10.6 Å². The molecule has 0 saturated heterocycles. The molecule has 0 radical (unpaired) electrons. The van der Waals surface area contributed by atoms with Crippen molar-refractivity contribution in [2.24, 2.45) is 0 Å². The molecule has 0 bridgehead atoms. The number of hydrogen-bond donors (Lipinski definition) is 2. The molecule has 0 aliphatic carbocycles. The van der Waals surface area contributed by atoms with Crippen molar-refractivity contribution < 1.29 is 18.7 Å². The smallest absolute Gasteiger partial charge is 0.255 e. The Labute approximate surface area is 118 Å². The highest BCUT2D eigenvalue weighted by atomic mass is 16.5. The van der Waals surface area contributed by atoms with E-state index < -0.39 is 6.04 Å². The topological polar surface area (TPSA) is 80.6 Å². The second-order valence-corrected chi connectivity index (χ2v) is 4.77. The van der Waals surface area contributed by atoms with E-state index in [-0.39, 0.29) is 17.9 Å². The Bertz CT molecular complexity index is 415. The van der Waals surface area contributed by atoms with Crippen LogP contribution in [0.1, 0.15) is 37.6 Å². The number of hydrogen-bond acceptors (Lipinski definition) is 4. The number of amides is 2. The molecule has 6 heteroatoms. The fraction of sp³-hybridized carbons (Fsp3) is 0.571. The van der Waals surface area contributed by atoms with Crippen molar-refractivity contribution in [1.29, 1.82) is 0 Å². The van der Waals surface area contributed by atoms with Gasteiger partial charge in [0, 0.05) is 13.2 Å². The highest BCUT2D eigenvalue weighted by Gasteiger charge is 2.16. The highest BCUT2D eigenvalue weighted by molar-refractivity contribution is 5.97. The van der Waals surface area contributed by atoms with E-state index in [9.17, 15) is 9.59 Å². The summed E-state index contributed by atoms with van der Waals surface area (Å²) in [6, 6.07) is 0.951. The SMILES string of the molecule is CC(C)OCCCNC(=O)C(C)NC(=O)c1ccoc1. The second kappa shape index (κ2) is 8.37. The van der Waals surface area contributed by atoms with Crippen LogP contribution in [0.5, 0.6) is 0 Å². The zero-order valence-electron chi connectivity index (χ0n) is 12.1. The number of rotatable bonds is 8. The number of carbonyl (C=O) groups excluding carboxylic acids is 2. The maximum atomic E-state index is 11.8. The Balaban J connectivity index is 2.21. The molecule has 0 fully saturated rings. The molecule has 112 valence electrons. The van der Waals surface area contributed by atoms with Gasteiger partial charge < -0.3 is 19.8 Å². The van der Waals surface area contributed by atoms with Gasteiger partial charge in [0.1, 0.15) is 12.3 Å². The van der Waals surface area contributed by atoms with Crippen molar-refractivity contribution >= 4 is 11.8 Å². The molecule has 0 saturated carbocycles. The van der Waals surface area contributed by atoms with Crippen molar-refractivity contribution in [2.45, 2.75) is 39.3 Å². The normalized spacial score (nSPS) is 12.2. The van der Waals surface area contributed by atoms with Crippen LogP contribution in [0.15, 0.2) is 23.0 Å². The number of ether oxygens (including phenoxy) is 1. The van der Waals surface area contributed by atoms with Crippen molar-refractivity contribution in [2.75, 3.05) is 13.2 Å². The molecule has 1 aromatic heterocycles. The monoisotopic (exact) mass is 282 g/mol. The Morgan fingerprint density at radius 2 is 2.10 bits per heavy atom. The summed E-state index contributed by atoms with van der Waals surface area (Å²) in [6.45, 7) is 6.70. The lowest BCUT2D eigenvalue weighted by atomic mass is 10.2. The van der Waals surface area contributed by atoms with Crippen LogP contribution in [0, 0.1) is 0 Å². The molecule has 2 N–H and O–H groups in total. The van der Waals surface area contributed by atoms with Gasteiger partial charge in [0.25, 0.3) is 5.91 Å². The average molecular weight is 282 g/mol. The fourth-order valence-corrected chi connectivity index (χ4v) is 1.50. The fourth-order valence-electron chi connectivity index (χ4n) is 1.50. The Morgan fingerprint density at radius 1 is 1.35 bits per heavy atom. The summed E-state index contributed by atoms with van der Waals surface area (Å²) in [5.41, 5.74) is 0.398. The third-order valence-electron chi connectivity index (χ3n) is 2.60. The zero-order valence-corrected chi connectivity index (χ0v) is 12.1. The first-order valence-corrected chi connectivity index (χ1v) is 6.73. The predicted molar refractivity (Wildman–Crippen MR) is 74.4 cm³/mol. The molecule has 0 spiro atoms. The molecule has 0 aromatic carbocycles. The van der Waals surface area contributed by atoms with E-state index >= 15 is 0 Å². The van der Waals surface area contributed by atoms with Crippen LogP contribution in [-0.4, -0.2) is 37.1 Å². The number of furan rings is 1. The van der Waals surface area contributed by atoms with E-state index in [0.717, 1.165) is 6.42 Å². The molecule has 0 aliphatic heterocycles.